The molecule has 11 heteroatoms. The first-order chi connectivity index (χ1) is 18.9. The minimum atomic E-state index is -1.90. The molecule has 0 aliphatic carbocycles. The predicted molar refractivity (Wildman–Crippen MR) is 166 cm³/mol. The number of carbonyl (C=O) groups is 1. The Kier molecular flexibility index (Phi) is 11.1. The topological polar surface area (TPSA) is 42.0 Å². The number of rotatable bonds is 8. The average molecular weight is 671 g/mol. The maximum absolute atomic E-state index is 14.2. The van der Waals surface area contributed by atoms with Gasteiger partial charge in [0.1, 0.15) is 23.6 Å². The first-order valence-electron chi connectivity index (χ1n) is 13.4. The van der Waals surface area contributed by atoms with E-state index >= 15 is 0 Å². The molecule has 220 valence electrons. The fraction of sp³-hybridized carbons (Fsp3) is 0.552. The molecular weight excluding hydrogens is 637 g/mol. The lowest BCUT2D eigenvalue weighted by Crippen LogP contribution is -2.61. The van der Waals surface area contributed by atoms with Crippen LogP contribution in [0.2, 0.25) is 0 Å². The van der Waals surface area contributed by atoms with E-state index in [0.29, 0.717) is 38.0 Å². The van der Waals surface area contributed by atoms with Crippen LogP contribution in [0.25, 0.3) is 0 Å². The molecule has 2 heterocycles. The predicted octanol–water partition coefficient (Wildman–Crippen LogP) is 7.81. The van der Waals surface area contributed by atoms with Gasteiger partial charge >= 0.3 is 0 Å². The van der Waals surface area contributed by atoms with Gasteiger partial charge in [-0.25, -0.2) is 0 Å². The Morgan fingerprint density at radius 3 is 1.35 bits per heavy atom. The molecule has 0 N–H and O–H groups in total. The second-order valence-electron chi connectivity index (χ2n) is 10.5. The molecule has 2 aliphatic heterocycles. The Balaban J connectivity index is 1.48. The minimum absolute atomic E-state index is 0.303. The van der Waals surface area contributed by atoms with E-state index in [9.17, 15) is 4.79 Å². The smallest absolute Gasteiger partial charge is 0.212 e. The van der Waals surface area contributed by atoms with Crippen molar-refractivity contribution in [2.24, 2.45) is 0 Å². The fourth-order valence-corrected chi connectivity index (χ4v) is 7.49. The molecule has 2 aliphatic rings. The van der Waals surface area contributed by atoms with Crippen molar-refractivity contribution in [2.75, 3.05) is 40.4 Å². The van der Waals surface area contributed by atoms with Crippen molar-refractivity contribution in [3.63, 3.8) is 0 Å². The van der Waals surface area contributed by atoms with Gasteiger partial charge in [-0.2, -0.15) is 0 Å². The maximum Gasteiger partial charge on any atom is 0.212 e. The highest BCUT2D eigenvalue weighted by Crippen LogP contribution is 2.43. The second kappa shape index (κ2) is 13.8. The molecule has 40 heavy (non-hydrogen) atoms. The van der Waals surface area contributed by atoms with Crippen molar-refractivity contribution in [1.29, 1.82) is 0 Å². The SMILES string of the molecule is COc1cccc(C2CCN(C(C(=O)C(N3CCC(c4cccc(OC)c4)CC3)C(Cl)(Cl)Cl)C(Cl)(Cl)Cl)CC2)c1. The summed E-state index contributed by atoms with van der Waals surface area (Å²) in [6.45, 7) is 2.26. The summed E-state index contributed by atoms with van der Waals surface area (Å²) in [5.41, 5.74) is 2.38. The van der Waals surface area contributed by atoms with Gasteiger partial charge in [0, 0.05) is 0 Å². The highest BCUT2D eigenvalue weighted by Gasteiger charge is 2.52. The van der Waals surface area contributed by atoms with Crippen LogP contribution in [-0.2, 0) is 4.79 Å². The summed E-state index contributed by atoms with van der Waals surface area (Å²) >= 11 is 38.9. The number of piperidine rings is 2. The van der Waals surface area contributed by atoms with Crippen molar-refractivity contribution in [3.8, 4) is 11.5 Å². The van der Waals surface area contributed by atoms with Gasteiger partial charge in [-0.3, -0.25) is 14.6 Å². The molecule has 2 aromatic rings. The molecule has 0 spiro atoms. The Hall–Kier alpha value is -0.630. The number of likely N-dealkylation sites (tertiary alicyclic amines) is 2. The third kappa shape index (κ3) is 7.85. The molecular formula is C29H34Cl6N2O3. The first kappa shape index (κ1) is 32.3. The summed E-state index contributed by atoms with van der Waals surface area (Å²) in [7, 11) is 3.31. The lowest BCUT2D eigenvalue weighted by molar-refractivity contribution is -0.130. The van der Waals surface area contributed by atoms with E-state index in [2.05, 4.69) is 12.1 Å². The third-order valence-corrected chi connectivity index (χ3v) is 9.32. The van der Waals surface area contributed by atoms with Crippen LogP contribution >= 0.6 is 69.6 Å². The largest absolute Gasteiger partial charge is 0.497 e. The van der Waals surface area contributed by atoms with Gasteiger partial charge in [0.2, 0.25) is 7.59 Å². The zero-order valence-corrected chi connectivity index (χ0v) is 27.0. The van der Waals surface area contributed by atoms with Gasteiger partial charge in [-0.05, 0) is 99.1 Å². The lowest BCUT2D eigenvalue weighted by Gasteiger charge is -2.45. The average Bonchev–Trinajstić information content (AvgIpc) is 2.92. The molecule has 2 saturated heterocycles. The number of halogens is 6. The van der Waals surface area contributed by atoms with Crippen LogP contribution in [0.1, 0.15) is 48.6 Å². The molecule has 2 unspecified atom stereocenters. The van der Waals surface area contributed by atoms with Gasteiger partial charge in [0.25, 0.3) is 0 Å². The molecule has 2 aromatic carbocycles. The van der Waals surface area contributed by atoms with E-state index in [1.54, 1.807) is 14.2 Å². The number of hydrogen-bond acceptors (Lipinski definition) is 5. The zero-order valence-electron chi connectivity index (χ0n) is 22.5. The summed E-state index contributed by atoms with van der Waals surface area (Å²) in [5, 5.41) is 0. The first-order valence-corrected chi connectivity index (χ1v) is 15.6. The molecule has 0 bridgehead atoms. The number of methoxy groups -OCH3 is 2. The van der Waals surface area contributed by atoms with Gasteiger partial charge in [-0.1, -0.05) is 93.9 Å². The third-order valence-electron chi connectivity index (χ3n) is 8.08. The molecule has 0 aromatic heterocycles. The Morgan fingerprint density at radius 1 is 0.700 bits per heavy atom. The quantitative estimate of drug-likeness (QED) is 0.268. The van der Waals surface area contributed by atoms with Crippen LogP contribution in [0.15, 0.2) is 48.5 Å². The van der Waals surface area contributed by atoms with Crippen LogP contribution in [0.4, 0.5) is 0 Å². The molecule has 5 nitrogen and oxygen atoms in total. The standard InChI is InChI=1S/C29H34Cl6N2O3/c1-39-23-7-3-5-21(17-23)19-9-13-36(14-10-19)26(28(30,31)32)25(38)27(29(33,34)35)37-15-11-20(12-16-37)22-6-4-8-24(18-22)40-2/h3-8,17-20,26-27H,9-16H2,1-2H3. The minimum Gasteiger partial charge on any atom is -0.497 e. The van der Waals surface area contributed by atoms with Crippen LogP contribution in [0.5, 0.6) is 11.5 Å². The van der Waals surface area contributed by atoms with Crippen LogP contribution in [0.3, 0.4) is 0 Å². The lowest BCUT2D eigenvalue weighted by atomic mass is 9.87. The molecule has 2 fully saturated rings. The molecule has 0 amide bonds. The maximum atomic E-state index is 14.2. The summed E-state index contributed by atoms with van der Waals surface area (Å²) in [5.74, 6) is 1.85. The second-order valence-corrected chi connectivity index (χ2v) is 15.2. The number of ketones is 1. The summed E-state index contributed by atoms with van der Waals surface area (Å²) < 4.78 is 6.98. The molecule has 2 atom stereocenters. The van der Waals surface area contributed by atoms with Gasteiger partial charge in [0.15, 0.2) is 5.78 Å². The molecule has 4 rings (SSSR count). The van der Waals surface area contributed by atoms with Crippen molar-refractivity contribution < 1.29 is 14.3 Å². The number of alkyl halides is 6. The zero-order chi connectivity index (χ0) is 29.1. The van der Waals surface area contributed by atoms with Crippen molar-refractivity contribution in [1.82, 2.24) is 9.80 Å². The number of Topliss-reactive ketones (excluding diaryl/α,β-unsaturated/α-hetero) is 1. The van der Waals surface area contributed by atoms with E-state index in [-0.39, 0.29) is 5.78 Å². The van der Waals surface area contributed by atoms with Gasteiger partial charge < -0.3 is 9.47 Å². The highest BCUT2D eigenvalue weighted by atomic mass is 35.6. The summed E-state index contributed by atoms with van der Waals surface area (Å²) in [6, 6.07) is 14.0. The summed E-state index contributed by atoms with van der Waals surface area (Å²) in [4.78, 5) is 18.0. The van der Waals surface area contributed by atoms with Crippen LogP contribution < -0.4 is 9.47 Å². The monoisotopic (exact) mass is 668 g/mol. The number of nitrogens with zero attached hydrogens (tertiary/aromatic N) is 2. The fourth-order valence-electron chi connectivity index (χ4n) is 6.02. The Bertz CT molecular complexity index is 1050. The van der Waals surface area contributed by atoms with Gasteiger partial charge in [0.05, 0.1) is 14.2 Å². The van der Waals surface area contributed by atoms with Crippen LogP contribution in [0, 0.1) is 0 Å². The molecule has 0 radical (unpaired) electrons. The normalized spacial score (nSPS) is 20.2. The van der Waals surface area contributed by atoms with E-state index in [4.69, 9.17) is 79.1 Å². The number of hydrogen-bond donors (Lipinski definition) is 0. The van der Waals surface area contributed by atoms with E-state index in [1.165, 1.54) is 11.1 Å². The number of ether oxygens (including phenoxy) is 2. The number of benzene rings is 2. The summed E-state index contributed by atoms with van der Waals surface area (Å²) in [6.07, 6.45) is 3.17. The number of carbonyl (C=O) groups excluding carboxylic acids is 1. The van der Waals surface area contributed by atoms with Crippen LogP contribution in [-0.4, -0.2) is 75.7 Å². The van der Waals surface area contributed by atoms with Gasteiger partial charge in [-0.15, -0.1) is 0 Å². The molecule has 0 saturated carbocycles. The Morgan fingerprint density at radius 2 is 1.05 bits per heavy atom. The van der Waals surface area contributed by atoms with Crippen molar-refractivity contribution in [2.45, 2.75) is 57.2 Å². The van der Waals surface area contributed by atoms with E-state index in [0.717, 1.165) is 37.2 Å². The van der Waals surface area contributed by atoms with E-state index < -0.39 is 19.7 Å². The highest BCUT2D eigenvalue weighted by molar-refractivity contribution is 6.70. The van der Waals surface area contributed by atoms with E-state index in [1.807, 2.05) is 46.2 Å². The van der Waals surface area contributed by atoms with Crippen molar-refractivity contribution in [3.05, 3.63) is 59.7 Å². The Labute approximate surface area is 266 Å². The van der Waals surface area contributed by atoms with Crippen molar-refractivity contribution >= 4 is 75.4 Å².